The fraction of sp³-hybridized carbons (Fsp3) is 0.778. The molecule has 25 heavy (non-hydrogen) atoms. The first-order chi connectivity index (χ1) is 12.1. The van der Waals surface area contributed by atoms with E-state index in [1.54, 1.807) is 11.3 Å². The number of nitrogens with one attached hydrogen (secondary N) is 2. The number of guanidine groups is 1. The molecule has 1 unspecified atom stereocenters. The summed E-state index contributed by atoms with van der Waals surface area (Å²) >= 11 is 1.76. The van der Waals surface area contributed by atoms with Gasteiger partial charge >= 0.3 is 0 Å². The van der Waals surface area contributed by atoms with Crippen molar-refractivity contribution in [2.45, 2.75) is 40.2 Å². The average molecular weight is 368 g/mol. The molecule has 2 rings (SSSR count). The number of thiazole rings is 1. The van der Waals surface area contributed by atoms with Gasteiger partial charge in [-0.15, -0.1) is 11.3 Å². The number of aryl methyl sites for hydroxylation is 1. The van der Waals surface area contributed by atoms with Gasteiger partial charge in [-0.1, -0.05) is 13.8 Å². The minimum Gasteiger partial charge on any atom is -0.379 e. The topological polar surface area (TPSA) is 61.8 Å². The molecule has 2 N–H and O–H groups in total. The lowest BCUT2D eigenvalue weighted by molar-refractivity contribution is 0.00867. The van der Waals surface area contributed by atoms with Crippen molar-refractivity contribution in [3.8, 4) is 0 Å². The molecule has 1 atom stereocenters. The van der Waals surface area contributed by atoms with E-state index in [4.69, 9.17) is 9.73 Å². The van der Waals surface area contributed by atoms with Crippen LogP contribution in [0.3, 0.4) is 0 Å². The Morgan fingerprint density at radius 1 is 1.36 bits per heavy atom. The van der Waals surface area contributed by atoms with Crippen molar-refractivity contribution in [2.75, 3.05) is 45.9 Å². The first kappa shape index (κ1) is 20.1. The van der Waals surface area contributed by atoms with E-state index in [-0.39, 0.29) is 0 Å². The molecule has 1 aromatic heterocycles. The van der Waals surface area contributed by atoms with E-state index in [1.807, 2.05) is 6.20 Å². The third kappa shape index (κ3) is 6.92. The molecular weight excluding hydrogens is 334 g/mol. The summed E-state index contributed by atoms with van der Waals surface area (Å²) in [5, 5.41) is 7.96. The minimum atomic E-state index is 0.459. The van der Waals surface area contributed by atoms with Gasteiger partial charge in [0.1, 0.15) is 0 Å². The molecule has 1 aliphatic heterocycles. The maximum Gasteiger partial charge on any atom is 0.191 e. The molecule has 0 saturated carbocycles. The third-order valence-electron chi connectivity index (χ3n) is 4.37. The number of aromatic nitrogens is 1. The van der Waals surface area contributed by atoms with E-state index in [1.165, 1.54) is 9.88 Å². The number of ether oxygens (including phenoxy) is 1. The summed E-state index contributed by atoms with van der Waals surface area (Å²) in [6.07, 6.45) is 2.87. The van der Waals surface area contributed by atoms with Gasteiger partial charge < -0.3 is 15.4 Å². The lowest BCUT2D eigenvalue weighted by Crippen LogP contribution is -2.48. The highest BCUT2D eigenvalue weighted by atomic mass is 32.1. The number of rotatable bonds is 8. The molecule has 1 aliphatic rings. The van der Waals surface area contributed by atoms with Gasteiger partial charge in [-0.2, -0.15) is 0 Å². The first-order valence-corrected chi connectivity index (χ1v) is 10.2. The Kier molecular flexibility index (Phi) is 8.64. The van der Waals surface area contributed by atoms with E-state index in [2.05, 4.69) is 48.2 Å². The second kappa shape index (κ2) is 10.7. The quantitative estimate of drug-likeness (QED) is 0.543. The van der Waals surface area contributed by atoms with Crippen LogP contribution in [0.25, 0.3) is 0 Å². The molecule has 7 heteroatoms. The normalized spacial score (nSPS) is 17.7. The highest BCUT2D eigenvalue weighted by molar-refractivity contribution is 7.11. The zero-order valence-electron chi connectivity index (χ0n) is 16.0. The molecule has 0 bridgehead atoms. The van der Waals surface area contributed by atoms with Crippen molar-refractivity contribution in [3.63, 3.8) is 0 Å². The van der Waals surface area contributed by atoms with E-state index in [0.29, 0.717) is 12.0 Å². The summed E-state index contributed by atoms with van der Waals surface area (Å²) in [4.78, 5) is 13.0. The maximum atomic E-state index is 5.48. The van der Waals surface area contributed by atoms with Crippen molar-refractivity contribution >= 4 is 17.3 Å². The molecule has 0 amide bonds. The Hall–Kier alpha value is -1.18. The molecule has 142 valence electrons. The molecule has 0 aliphatic carbocycles. The summed E-state index contributed by atoms with van der Waals surface area (Å²) < 4.78 is 5.48. The van der Waals surface area contributed by atoms with Crippen molar-refractivity contribution in [3.05, 3.63) is 16.1 Å². The second-order valence-corrected chi connectivity index (χ2v) is 8.04. The van der Waals surface area contributed by atoms with Gasteiger partial charge in [0, 0.05) is 49.7 Å². The van der Waals surface area contributed by atoms with Crippen LogP contribution in [0.4, 0.5) is 0 Å². The van der Waals surface area contributed by atoms with Gasteiger partial charge in [-0.3, -0.25) is 9.89 Å². The monoisotopic (exact) mass is 367 g/mol. The molecule has 0 spiro atoms. The van der Waals surface area contributed by atoms with Gasteiger partial charge in [0.2, 0.25) is 0 Å². The third-order valence-corrected chi connectivity index (χ3v) is 5.34. The predicted octanol–water partition coefficient (Wildman–Crippen LogP) is 1.91. The van der Waals surface area contributed by atoms with E-state index >= 15 is 0 Å². The van der Waals surface area contributed by atoms with Crippen LogP contribution in [0, 0.1) is 12.8 Å². The lowest BCUT2D eigenvalue weighted by Gasteiger charge is -2.36. The van der Waals surface area contributed by atoms with Gasteiger partial charge in [0.15, 0.2) is 5.96 Å². The Morgan fingerprint density at radius 2 is 2.12 bits per heavy atom. The summed E-state index contributed by atoms with van der Waals surface area (Å²) in [5.74, 6) is 1.47. The van der Waals surface area contributed by atoms with Crippen LogP contribution in [-0.2, 0) is 11.2 Å². The smallest absolute Gasteiger partial charge is 0.191 e. The number of hydrogen-bond donors (Lipinski definition) is 2. The molecule has 2 heterocycles. The zero-order valence-corrected chi connectivity index (χ0v) is 16.9. The summed E-state index contributed by atoms with van der Waals surface area (Å²) in [5.41, 5.74) is 0. The standard InChI is InChI=1S/C18H33N5OS/c1-5-19-18(20-7-6-17-21-12-15(4)25-17)22-13-16(14(2)3)23-8-10-24-11-9-23/h12,14,16H,5-11,13H2,1-4H3,(H2,19,20,22). The van der Waals surface area contributed by atoms with Gasteiger partial charge in [0.25, 0.3) is 0 Å². The van der Waals surface area contributed by atoms with Crippen LogP contribution in [-0.4, -0.2) is 67.8 Å². The number of aliphatic imine (C=N–C) groups is 1. The Balaban J connectivity index is 1.87. The number of hydrogen-bond acceptors (Lipinski definition) is 5. The van der Waals surface area contributed by atoms with Crippen molar-refractivity contribution in [1.82, 2.24) is 20.5 Å². The SMILES string of the molecule is CCNC(=NCC(C(C)C)N1CCOCC1)NCCc1ncc(C)s1. The Morgan fingerprint density at radius 3 is 2.72 bits per heavy atom. The average Bonchev–Trinajstić information content (AvgIpc) is 3.01. The molecular formula is C18H33N5OS. The lowest BCUT2D eigenvalue weighted by atomic mass is 10.0. The Bertz CT molecular complexity index is 525. The fourth-order valence-corrected chi connectivity index (χ4v) is 3.78. The summed E-state index contributed by atoms with van der Waals surface area (Å²) in [6, 6.07) is 0.459. The van der Waals surface area contributed by atoms with Gasteiger partial charge in [-0.25, -0.2) is 4.98 Å². The van der Waals surface area contributed by atoms with Gasteiger partial charge in [0.05, 0.1) is 24.8 Å². The highest BCUT2D eigenvalue weighted by Gasteiger charge is 2.23. The molecule has 1 fully saturated rings. The van der Waals surface area contributed by atoms with Crippen LogP contribution in [0.1, 0.15) is 30.7 Å². The zero-order chi connectivity index (χ0) is 18.1. The van der Waals surface area contributed by atoms with Gasteiger partial charge in [-0.05, 0) is 19.8 Å². The van der Waals surface area contributed by atoms with Crippen LogP contribution in [0.5, 0.6) is 0 Å². The van der Waals surface area contributed by atoms with Crippen LogP contribution >= 0.6 is 11.3 Å². The minimum absolute atomic E-state index is 0.459. The van der Waals surface area contributed by atoms with Crippen LogP contribution < -0.4 is 10.6 Å². The number of morpholine rings is 1. The second-order valence-electron chi connectivity index (χ2n) is 6.72. The fourth-order valence-electron chi connectivity index (χ4n) is 2.99. The molecule has 0 radical (unpaired) electrons. The van der Waals surface area contributed by atoms with Crippen LogP contribution in [0.15, 0.2) is 11.2 Å². The summed E-state index contributed by atoms with van der Waals surface area (Å²) in [6.45, 7) is 15.0. The Labute approximate surface area is 156 Å². The van der Waals surface area contributed by atoms with Crippen molar-refractivity contribution in [2.24, 2.45) is 10.9 Å². The van der Waals surface area contributed by atoms with Crippen molar-refractivity contribution < 1.29 is 4.74 Å². The van der Waals surface area contributed by atoms with E-state index < -0.39 is 0 Å². The van der Waals surface area contributed by atoms with Crippen LogP contribution in [0.2, 0.25) is 0 Å². The van der Waals surface area contributed by atoms with Crippen molar-refractivity contribution in [1.29, 1.82) is 0 Å². The predicted molar refractivity (Wildman–Crippen MR) is 106 cm³/mol. The molecule has 1 saturated heterocycles. The maximum absolute atomic E-state index is 5.48. The van der Waals surface area contributed by atoms with E-state index in [9.17, 15) is 0 Å². The highest BCUT2D eigenvalue weighted by Crippen LogP contribution is 2.13. The largest absolute Gasteiger partial charge is 0.379 e. The first-order valence-electron chi connectivity index (χ1n) is 9.35. The molecule has 6 nitrogen and oxygen atoms in total. The molecule has 1 aromatic rings. The number of nitrogens with zero attached hydrogens (tertiary/aromatic N) is 3. The van der Waals surface area contributed by atoms with E-state index in [0.717, 1.165) is 58.3 Å². The summed E-state index contributed by atoms with van der Waals surface area (Å²) in [7, 11) is 0. The molecule has 0 aromatic carbocycles.